The van der Waals surface area contributed by atoms with Gasteiger partial charge in [0.15, 0.2) is 0 Å². The summed E-state index contributed by atoms with van der Waals surface area (Å²) in [5, 5.41) is 2.65. The zero-order valence-corrected chi connectivity index (χ0v) is 21.8. The molecule has 0 aliphatic carbocycles. The van der Waals surface area contributed by atoms with Crippen LogP contribution in [0.2, 0.25) is 0 Å². The fourth-order valence-corrected chi connectivity index (χ4v) is 6.07. The molecule has 0 aliphatic heterocycles. The maximum absolute atomic E-state index is 3.71. The van der Waals surface area contributed by atoms with E-state index in [2.05, 4.69) is 128 Å². The van der Waals surface area contributed by atoms with Crippen LogP contribution in [0.25, 0.3) is 21.8 Å². The second-order valence-electron chi connectivity index (χ2n) is 9.73. The van der Waals surface area contributed by atoms with Crippen LogP contribution in [0, 0.1) is 27.7 Å². The van der Waals surface area contributed by atoms with Crippen LogP contribution >= 0.6 is 15.9 Å². The summed E-state index contributed by atoms with van der Waals surface area (Å²) in [6.07, 6.45) is 2.22. The Kier molecular flexibility index (Phi) is 5.49. The maximum Gasteiger partial charge on any atom is 0.0517 e. The molecule has 0 amide bonds. The molecule has 2 aromatic heterocycles. The molecule has 1 N–H and O–H groups in total. The Bertz CT molecular complexity index is 1480. The lowest BCUT2D eigenvalue weighted by atomic mass is 9.84. The van der Waals surface area contributed by atoms with Crippen molar-refractivity contribution in [1.29, 1.82) is 0 Å². The van der Waals surface area contributed by atoms with Gasteiger partial charge in [0.1, 0.15) is 0 Å². The van der Waals surface area contributed by atoms with Crippen molar-refractivity contribution < 1.29 is 0 Å². The number of rotatable bonds is 4. The molecule has 0 unspecified atom stereocenters. The Morgan fingerprint density at radius 3 is 2.30 bits per heavy atom. The molecular formula is C30H31BrN2. The second kappa shape index (κ2) is 8.22. The molecule has 3 heteroatoms. The van der Waals surface area contributed by atoms with E-state index in [0.717, 1.165) is 4.47 Å². The number of nitrogens with zero attached hydrogens (tertiary/aromatic N) is 1. The van der Waals surface area contributed by atoms with Crippen molar-refractivity contribution >= 4 is 37.7 Å². The third kappa shape index (κ3) is 3.63. The minimum atomic E-state index is 0.126. The van der Waals surface area contributed by atoms with E-state index >= 15 is 0 Å². The molecule has 2 nitrogen and oxygen atoms in total. The van der Waals surface area contributed by atoms with Crippen LogP contribution in [0.1, 0.15) is 64.9 Å². The number of aromatic nitrogens is 2. The molecule has 0 radical (unpaired) electrons. The van der Waals surface area contributed by atoms with Crippen LogP contribution in [0.3, 0.4) is 0 Å². The van der Waals surface area contributed by atoms with Gasteiger partial charge in [0.25, 0.3) is 0 Å². The highest BCUT2D eigenvalue weighted by molar-refractivity contribution is 9.10. The quantitative estimate of drug-likeness (QED) is 0.255. The molecule has 0 fully saturated rings. The van der Waals surface area contributed by atoms with Gasteiger partial charge in [-0.15, -0.1) is 0 Å². The minimum Gasteiger partial charge on any atom is -0.361 e. The van der Waals surface area contributed by atoms with E-state index in [9.17, 15) is 0 Å². The zero-order chi connectivity index (χ0) is 23.4. The lowest BCUT2D eigenvalue weighted by Crippen LogP contribution is -2.13. The summed E-state index contributed by atoms with van der Waals surface area (Å²) < 4.78 is 3.67. The van der Waals surface area contributed by atoms with E-state index in [0.29, 0.717) is 6.04 Å². The SMILES string of the molecule is Cc1cc(C)cc([C@@H](c2c[nH]c3ccc(Br)cc23)c2c(C)c3c(C)cccc3n2C(C)C)c1. The summed E-state index contributed by atoms with van der Waals surface area (Å²) in [5.74, 6) is 0.126. The number of nitrogens with one attached hydrogen (secondary N) is 1. The molecule has 0 saturated heterocycles. The van der Waals surface area contributed by atoms with Gasteiger partial charge in [0, 0.05) is 44.2 Å². The first-order valence-corrected chi connectivity index (χ1v) is 12.5. The monoisotopic (exact) mass is 498 g/mol. The summed E-state index contributed by atoms with van der Waals surface area (Å²) in [5.41, 5.74) is 11.9. The van der Waals surface area contributed by atoms with Crippen LogP contribution < -0.4 is 0 Å². The van der Waals surface area contributed by atoms with Gasteiger partial charge in [-0.1, -0.05) is 57.4 Å². The van der Waals surface area contributed by atoms with E-state index in [1.807, 2.05) is 0 Å². The lowest BCUT2D eigenvalue weighted by molar-refractivity contribution is 0.587. The smallest absolute Gasteiger partial charge is 0.0517 e. The fraction of sp³-hybridized carbons (Fsp3) is 0.267. The highest BCUT2D eigenvalue weighted by Gasteiger charge is 2.29. The number of aromatic amines is 1. The van der Waals surface area contributed by atoms with Crippen molar-refractivity contribution in [3.8, 4) is 0 Å². The van der Waals surface area contributed by atoms with E-state index in [1.165, 1.54) is 60.9 Å². The second-order valence-corrected chi connectivity index (χ2v) is 10.6. The molecule has 0 bridgehead atoms. The van der Waals surface area contributed by atoms with E-state index in [4.69, 9.17) is 0 Å². The maximum atomic E-state index is 3.71. The van der Waals surface area contributed by atoms with Gasteiger partial charge in [-0.25, -0.2) is 0 Å². The molecule has 33 heavy (non-hydrogen) atoms. The van der Waals surface area contributed by atoms with Crippen molar-refractivity contribution in [3.63, 3.8) is 0 Å². The normalized spacial score (nSPS) is 12.8. The number of halogens is 1. The Balaban J connectivity index is 1.93. The molecule has 168 valence electrons. The molecule has 2 heterocycles. The third-order valence-corrected chi connectivity index (χ3v) is 7.38. The van der Waals surface area contributed by atoms with Gasteiger partial charge in [0.2, 0.25) is 0 Å². The average molecular weight is 499 g/mol. The average Bonchev–Trinajstić information content (AvgIpc) is 3.28. The first kappa shape index (κ1) is 22.0. The standard InChI is InChI=1S/C30H31BrN2/c1-17(2)33-27-9-7-8-20(5)28(27)21(6)30(33)29(22-13-18(3)12-19(4)14-22)25-16-32-26-11-10-23(31)15-24(25)26/h7-17,29,32H,1-6H3/t29-/m0/s1. The number of aryl methyl sites for hydroxylation is 4. The van der Waals surface area contributed by atoms with Crippen molar-refractivity contribution in [3.05, 3.63) is 104 Å². The van der Waals surface area contributed by atoms with E-state index in [-0.39, 0.29) is 5.92 Å². The van der Waals surface area contributed by atoms with Crippen LogP contribution in [0.4, 0.5) is 0 Å². The van der Waals surface area contributed by atoms with Crippen molar-refractivity contribution in [2.24, 2.45) is 0 Å². The largest absolute Gasteiger partial charge is 0.361 e. The lowest BCUT2D eigenvalue weighted by Gasteiger charge is -2.25. The predicted molar refractivity (Wildman–Crippen MR) is 145 cm³/mol. The molecule has 0 saturated carbocycles. The zero-order valence-electron chi connectivity index (χ0n) is 20.3. The third-order valence-electron chi connectivity index (χ3n) is 6.88. The van der Waals surface area contributed by atoms with Gasteiger partial charge < -0.3 is 9.55 Å². The van der Waals surface area contributed by atoms with Crippen LogP contribution in [0.5, 0.6) is 0 Å². The topological polar surface area (TPSA) is 20.7 Å². The molecule has 0 spiro atoms. The summed E-state index contributed by atoms with van der Waals surface area (Å²) in [6.45, 7) is 13.6. The van der Waals surface area contributed by atoms with Crippen molar-refractivity contribution in [1.82, 2.24) is 9.55 Å². The Hall–Kier alpha value is -2.78. The first-order valence-electron chi connectivity index (χ1n) is 11.7. The predicted octanol–water partition coefficient (Wildman–Crippen LogP) is 8.88. The Labute approximate surface area is 204 Å². The number of benzene rings is 3. The van der Waals surface area contributed by atoms with Crippen LogP contribution in [0.15, 0.2) is 65.3 Å². The summed E-state index contributed by atoms with van der Waals surface area (Å²) in [4.78, 5) is 3.55. The molecule has 1 atom stereocenters. The fourth-order valence-electron chi connectivity index (χ4n) is 5.71. The summed E-state index contributed by atoms with van der Waals surface area (Å²) in [6, 6.07) is 20.6. The highest BCUT2D eigenvalue weighted by Crippen LogP contribution is 2.43. The number of hydrogen-bond acceptors (Lipinski definition) is 0. The number of H-pyrrole nitrogens is 1. The summed E-state index contributed by atoms with van der Waals surface area (Å²) in [7, 11) is 0. The van der Waals surface area contributed by atoms with Crippen molar-refractivity contribution in [2.45, 2.75) is 53.5 Å². The van der Waals surface area contributed by atoms with Gasteiger partial charge in [0.05, 0.1) is 5.92 Å². The van der Waals surface area contributed by atoms with Gasteiger partial charge >= 0.3 is 0 Å². The highest BCUT2D eigenvalue weighted by atomic mass is 79.9. The van der Waals surface area contributed by atoms with Crippen molar-refractivity contribution in [2.75, 3.05) is 0 Å². The molecule has 3 aromatic carbocycles. The Morgan fingerprint density at radius 1 is 0.879 bits per heavy atom. The molecule has 5 aromatic rings. The van der Waals surface area contributed by atoms with Crippen LogP contribution in [-0.4, -0.2) is 9.55 Å². The van der Waals surface area contributed by atoms with Gasteiger partial charge in [-0.3, -0.25) is 0 Å². The molecule has 0 aliphatic rings. The minimum absolute atomic E-state index is 0.126. The van der Waals surface area contributed by atoms with E-state index < -0.39 is 0 Å². The van der Waals surface area contributed by atoms with Gasteiger partial charge in [-0.05, 0) is 88.1 Å². The van der Waals surface area contributed by atoms with Crippen LogP contribution in [-0.2, 0) is 0 Å². The number of hydrogen-bond donors (Lipinski definition) is 1. The van der Waals surface area contributed by atoms with Gasteiger partial charge in [-0.2, -0.15) is 0 Å². The Morgan fingerprint density at radius 2 is 1.61 bits per heavy atom. The molecule has 5 rings (SSSR count). The molecular weight excluding hydrogens is 468 g/mol. The summed E-state index contributed by atoms with van der Waals surface area (Å²) >= 11 is 3.71. The first-order chi connectivity index (χ1) is 15.8. The van der Waals surface area contributed by atoms with E-state index in [1.54, 1.807) is 0 Å². The number of fused-ring (bicyclic) bond motifs is 2.